The predicted molar refractivity (Wildman–Crippen MR) is 23.5 cm³/mol. The first-order chi connectivity index (χ1) is 3.15. The Morgan fingerprint density at radius 2 is 1.57 bits per heavy atom. The molecule has 42 valence electrons. The van der Waals surface area contributed by atoms with Crippen LogP contribution in [0.25, 0.3) is 0 Å². The first kappa shape index (κ1) is 9.26. The van der Waals surface area contributed by atoms with Crippen LogP contribution in [0.2, 0.25) is 0 Å². The maximum Gasteiger partial charge on any atom is 0.503 e. The van der Waals surface area contributed by atoms with Crippen molar-refractivity contribution in [2.45, 2.75) is 0 Å². The van der Waals surface area contributed by atoms with Gasteiger partial charge in [0.2, 0.25) is 0 Å². The van der Waals surface area contributed by atoms with Gasteiger partial charge in [0.05, 0.1) is 6.26 Å². The summed E-state index contributed by atoms with van der Waals surface area (Å²) in [4.78, 5) is 8.56. The number of aliphatic hydroxyl groups excluding tert-OH is 1. The number of carbonyl (C=O) groups is 1. The van der Waals surface area contributed by atoms with Gasteiger partial charge in [0.15, 0.2) is 0 Å². The summed E-state index contributed by atoms with van der Waals surface area (Å²) in [6.07, 6.45) is -1.08. The molecule has 3 N–H and O–H groups in total. The summed E-state index contributed by atoms with van der Waals surface area (Å²) in [7, 11) is 0. The molecule has 0 saturated heterocycles. The molecule has 0 saturated carbocycles. The lowest BCUT2D eigenvalue weighted by atomic mass is 11.2. The SMILES string of the molecule is C=CO.O=C(O)O. The first-order valence-electron chi connectivity index (χ1n) is 1.32. The average Bonchev–Trinajstić information content (AvgIpc) is 1.33. The van der Waals surface area contributed by atoms with Crippen LogP contribution in [-0.2, 0) is 0 Å². The molecule has 0 aliphatic heterocycles. The minimum absolute atomic E-state index is 0.750. The third-order valence-corrected chi connectivity index (χ3v) is 0. The highest BCUT2D eigenvalue weighted by molar-refractivity contribution is 5.53. The Labute approximate surface area is 40.3 Å². The molecule has 0 aromatic carbocycles. The fourth-order valence-electron chi connectivity index (χ4n) is 0. The molecular formula is C3H6O4. The Morgan fingerprint density at radius 1 is 1.57 bits per heavy atom. The molecule has 0 bridgehead atoms. The van der Waals surface area contributed by atoms with E-state index in [4.69, 9.17) is 20.1 Å². The highest BCUT2D eigenvalue weighted by atomic mass is 16.6. The quantitative estimate of drug-likeness (QED) is 0.401. The fraction of sp³-hybridized carbons (Fsp3) is 0. The van der Waals surface area contributed by atoms with Gasteiger partial charge in [-0.2, -0.15) is 0 Å². The lowest BCUT2D eigenvalue weighted by Gasteiger charge is -1.60. The van der Waals surface area contributed by atoms with Crippen molar-refractivity contribution < 1.29 is 20.1 Å². The minimum atomic E-state index is -1.83. The third kappa shape index (κ3) is 26.8. The van der Waals surface area contributed by atoms with Crippen LogP contribution in [-0.4, -0.2) is 21.5 Å². The second-order valence-electron chi connectivity index (χ2n) is 0.465. The molecule has 0 aromatic rings. The Balaban J connectivity index is 0. The van der Waals surface area contributed by atoms with Gasteiger partial charge in [-0.3, -0.25) is 0 Å². The van der Waals surface area contributed by atoms with Crippen molar-refractivity contribution in [3.8, 4) is 0 Å². The van der Waals surface area contributed by atoms with Crippen molar-refractivity contribution in [3.05, 3.63) is 12.8 Å². The lowest BCUT2D eigenvalue weighted by molar-refractivity contribution is 0.137. The van der Waals surface area contributed by atoms with E-state index in [1.807, 2.05) is 0 Å². The summed E-state index contributed by atoms with van der Waals surface area (Å²) in [6, 6.07) is 0. The van der Waals surface area contributed by atoms with Crippen molar-refractivity contribution in [1.82, 2.24) is 0 Å². The maximum absolute atomic E-state index is 8.56. The topological polar surface area (TPSA) is 77.8 Å². The van der Waals surface area contributed by atoms with E-state index < -0.39 is 6.16 Å². The molecule has 0 spiro atoms. The van der Waals surface area contributed by atoms with Gasteiger partial charge in [-0.05, 0) is 0 Å². The minimum Gasteiger partial charge on any atom is -0.516 e. The Morgan fingerprint density at radius 3 is 1.57 bits per heavy atom. The van der Waals surface area contributed by atoms with E-state index in [0.717, 1.165) is 6.26 Å². The van der Waals surface area contributed by atoms with Crippen LogP contribution < -0.4 is 0 Å². The summed E-state index contributed by atoms with van der Waals surface area (Å²) in [5.74, 6) is 0. The molecule has 0 aromatic heterocycles. The zero-order valence-electron chi connectivity index (χ0n) is 3.53. The van der Waals surface area contributed by atoms with Gasteiger partial charge in [0, 0.05) is 0 Å². The van der Waals surface area contributed by atoms with Crippen LogP contribution in [0.3, 0.4) is 0 Å². The maximum atomic E-state index is 8.56. The summed E-state index contributed by atoms with van der Waals surface area (Å²) in [5.41, 5.74) is 0. The average molecular weight is 106 g/mol. The zero-order chi connectivity index (χ0) is 6.28. The summed E-state index contributed by atoms with van der Waals surface area (Å²) >= 11 is 0. The number of carboxylic acid groups (broad SMARTS) is 2. The monoisotopic (exact) mass is 106 g/mol. The van der Waals surface area contributed by atoms with Gasteiger partial charge < -0.3 is 15.3 Å². The van der Waals surface area contributed by atoms with Gasteiger partial charge in [-0.1, -0.05) is 6.58 Å². The molecule has 0 rings (SSSR count). The number of rotatable bonds is 0. The van der Waals surface area contributed by atoms with Crippen molar-refractivity contribution in [2.24, 2.45) is 0 Å². The molecule has 4 nitrogen and oxygen atoms in total. The van der Waals surface area contributed by atoms with E-state index in [9.17, 15) is 0 Å². The van der Waals surface area contributed by atoms with E-state index >= 15 is 0 Å². The molecule has 0 radical (unpaired) electrons. The second kappa shape index (κ2) is 8.84. The van der Waals surface area contributed by atoms with Crippen molar-refractivity contribution in [2.75, 3.05) is 0 Å². The molecule has 7 heavy (non-hydrogen) atoms. The molecule has 0 heterocycles. The molecule has 0 amide bonds. The Kier molecular flexibility index (Phi) is 11.7. The predicted octanol–water partition coefficient (Wildman–Crippen LogP) is 0.910. The summed E-state index contributed by atoms with van der Waals surface area (Å²) in [5, 5.41) is 21.3. The summed E-state index contributed by atoms with van der Waals surface area (Å²) < 4.78 is 0. The molecule has 0 fully saturated rings. The molecule has 0 aliphatic carbocycles. The van der Waals surface area contributed by atoms with Crippen LogP contribution in [0.15, 0.2) is 12.8 Å². The summed E-state index contributed by atoms with van der Waals surface area (Å²) in [6.45, 7) is 2.92. The van der Waals surface area contributed by atoms with Crippen molar-refractivity contribution in [3.63, 3.8) is 0 Å². The van der Waals surface area contributed by atoms with E-state index in [1.165, 1.54) is 0 Å². The van der Waals surface area contributed by atoms with E-state index in [2.05, 4.69) is 6.58 Å². The van der Waals surface area contributed by atoms with Crippen molar-refractivity contribution in [1.29, 1.82) is 0 Å². The molecule has 0 atom stereocenters. The largest absolute Gasteiger partial charge is 0.516 e. The zero-order valence-corrected chi connectivity index (χ0v) is 3.53. The van der Waals surface area contributed by atoms with E-state index in [1.54, 1.807) is 0 Å². The molecule has 0 unspecified atom stereocenters. The number of hydrogen-bond donors (Lipinski definition) is 3. The normalized spacial score (nSPS) is 5.14. The van der Waals surface area contributed by atoms with Crippen LogP contribution in [0.4, 0.5) is 4.79 Å². The van der Waals surface area contributed by atoms with E-state index in [0.29, 0.717) is 0 Å². The van der Waals surface area contributed by atoms with Gasteiger partial charge in [-0.15, -0.1) is 0 Å². The number of aliphatic hydroxyl groups is 1. The highest BCUT2D eigenvalue weighted by Gasteiger charge is 1.70. The Bertz CT molecular complexity index is 54.0. The second-order valence-corrected chi connectivity index (χ2v) is 0.465. The molecular weight excluding hydrogens is 100 g/mol. The van der Waals surface area contributed by atoms with Crippen LogP contribution in [0.5, 0.6) is 0 Å². The van der Waals surface area contributed by atoms with Gasteiger partial charge in [-0.25, -0.2) is 4.79 Å². The van der Waals surface area contributed by atoms with Gasteiger partial charge in [0.1, 0.15) is 0 Å². The number of hydrogen-bond acceptors (Lipinski definition) is 2. The lowest BCUT2D eigenvalue weighted by Crippen LogP contribution is -1.81. The van der Waals surface area contributed by atoms with Crippen LogP contribution in [0.1, 0.15) is 0 Å². The Hall–Kier alpha value is -1.19. The van der Waals surface area contributed by atoms with Crippen molar-refractivity contribution >= 4 is 6.16 Å². The van der Waals surface area contributed by atoms with Gasteiger partial charge in [0.25, 0.3) is 0 Å². The smallest absolute Gasteiger partial charge is 0.503 e. The highest BCUT2D eigenvalue weighted by Crippen LogP contribution is 1.42. The third-order valence-electron chi connectivity index (χ3n) is 0. The van der Waals surface area contributed by atoms with Crippen LogP contribution in [0, 0.1) is 0 Å². The fourth-order valence-corrected chi connectivity index (χ4v) is 0. The van der Waals surface area contributed by atoms with Gasteiger partial charge >= 0.3 is 6.16 Å². The molecule has 0 aliphatic rings. The molecule has 4 heteroatoms. The first-order valence-corrected chi connectivity index (χ1v) is 1.32. The van der Waals surface area contributed by atoms with Crippen LogP contribution >= 0.6 is 0 Å². The van der Waals surface area contributed by atoms with E-state index in [-0.39, 0.29) is 0 Å². The standard InChI is InChI=1S/C2H4O.CH2O3/c1-2-3;2-1(3)4/h2-3H,1H2;(H2,2,3,4).